The molecule has 3 rings (SSSR count). The Morgan fingerprint density at radius 2 is 2.00 bits per heavy atom. The average Bonchev–Trinajstić information content (AvgIpc) is 3.10. The first-order valence-corrected chi connectivity index (χ1v) is 9.80. The van der Waals surface area contributed by atoms with E-state index in [0.717, 1.165) is 28.6 Å². The molecule has 0 fully saturated rings. The quantitative estimate of drug-likeness (QED) is 0.306. The number of carbonyl (C=O) groups excluding carboxylic acids is 1. The minimum absolute atomic E-state index is 0.127. The highest BCUT2D eigenvalue weighted by atomic mass is 32.1. The Balaban J connectivity index is 1.82. The van der Waals surface area contributed by atoms with Gasteiger partial charge in [0.2, 0.25) is 6.79 Å². The molecule has 0 unspecified atom stereocenters. The molecule has 0 bridgehead atoms. The summed E-state index contributed by atoms with van der Waals surface area (Å²) in [6.45, 7) is 9.31. The largest absolute Gasteiger partial charge is 0.457 e. The molecule has 0 spiro atoms. The van der Waals surface area contributed by atoms with Crippen LogP contribution < -0.4 is 4.74 Å². The minimum atomic E-state index is -0.454. The van der Waals surface area contributed by atoms with E-state index < -0.39 is 5.97 Å². The van der Waals surface area contributed by atoms with Crippen molar-refractivity contribution in [1.29, 1.82) is 0 Å². The summed E-state index contributed by atoms with van der Waals surface area (Å²) in [6.07, 6.45) is 3.90. The van der Waals surface area contributed by atoms with E-state index in [1.807, 2.05) is 24.4 Å². The number of esters is 1. The van der Waals surface area contributed by atoms with Gasteiger partial charge in [-0.2, -0.15) is 0 Å². The molecule has 140 valence electrons. The topological polar surface area (TPSA) is 48.4 Å². The molecule has 0 aliphatic carbocycles. The van der Waals surface area contributed by atoms with Crippen molar-refractivity contribution in [2.45, 2.75) is 33.6 Å². The molecule has 0 saturated heterocycles. The van der Waals surface area contributed by atoms with Gasteiger partial charge in [0.25, 0.3) is 0 Å². The summed E-state index contributed by atoms with van der Waals surface area (Å²) in [5, 5.41) is 1.16. The van der Waals surface area contributed by atoms with Crippen molar-refractivity contribution in [3.8, 4) is 16.2 Å². The summed E-state index contributed by atoms with van der Waals surface area (Å²) in [5.41, 5.74) is 3.98. The molecular formula is C22H23NO3S. The molecule has 3 aromatic rings. The predicted octanol–water partition coefficient (Wildman–Crippen LogP) is 5.54. The fraction of sp³-hybridized carbons (Fsp3) is 0.273. The van der Waals surface area contributed by atoms with E-state index in [1.54, 1.807) is 18.3 Å². The van der Waals surface area contributed by atoms with Crippen LogP contribution in [0.5, 0.6) is 5.75 Å². The van der Waals surface area contributed by atoms with Crippen molar-refractivity contribution in [1.82, 2.24) is 4.98 Å². The molecule has 0 aliphatic heterocycles. The van der Waals surface area contributed by atoms with Crippen molar-refractivity contribution in [3.05, 3.63) is 59.9 Å². The van der Waals surface area contributed by atoms with Crippen molar-refractivity contribution >= 4 is 27.4 Å². The Morgan fingerprint density at radius 1 is 1.19 bits per heavy atom. The highest BCUT2D eigenvalue weighted by molar-refractivity contribution is 7.22. The van der Waals surface area contributed by atoms with Crippen LogP contribution in [0.3, 0.4) is 0 Å². The van der Waals surface area contributed by atoms with Gasteiger partial charge in [-0.15, -0.1) is 11.3 Å². The van der Waals surface area contributed by atoms with Crippen LogP contribution in [-0.4, -0.2) is 17.7 Å². The molecule has 0 aliphatic rings. The SMILES string of the molecule is C=C(C)C(=O)OCOc1ccc2cc(-c3cnc(CC)cc3CC)sc2c1. The van der Waals surface area contributed by atoms with Crippen molar-refractivity contribution in [2.24, 2.45) is 0 Å². The van der Waals surface area contributed by atoms with Crippen LogP contribution in [0.1, 0.15) is 32.0 Å². The van der Waals surface area contributed by atoms with E-state index in [2.05, 4.69) is 37.5 Å². The fourth-order valence-electron chi connectivity index (χ4n) is 2.76. The minimum Gasteiger partial charge on any atom is -0.457 e. The van der Waals surface area contributed by atoms with E-state index in [9.17, 15) is 4.79 Å². The molecule has 0 N–H and O–H groups in total. The summed E-state index contributed by atoms with van der Waals surface area (Å²) in [7, 11) is 0. The van der Waals surface area contributed by atoms with Gasteiger partial charge in [-0.3, -0.25) is 4.98 Å². The van der Waals surface area contributed by atoms with Gasteiger partial charge in [-0.05, 0) is 61.0 Å². The fourth-order valence-corrected chi connectivity index (χ4v) is 3.90. The molecule has 1 aromatic carbocycles. The molecule has 5 heteroatoms. The zero-order valence-corrected chi connectivity index (χ0v) is 16.7. The number of benzene rings is 1. The second-order valence-electron chi connectivity index (χ2n) is 6.32. The summed E-state index contributed by atoms with van der Waals surface area (Å²) in [6, 6.07) is 10.3. The Bertz CT molecular complexity index is 990. The third kappa shape index (κ3) is 4.37. The molecule has 0 radical (unpaired) electrons. The van der Waals surface area contributed by atoms with E-state index >= 15 is 0 Å². The maximum absolute atomic E-state index is 11.4. The Labute approximate surface area is 163 Å². The molecule has 2 aromatic heterocycles. The maximum atomic E-state index is 11.4. The number of fused-ring (bicyclic) bond motifs is 1. The number of thiophene rings is 1. The number of hydrogen-bond acceptors (Lipinski definition) is 5. The molecular weight excluding hydrogens is 358 g/mol. The monoisotopic (exact) mass is 381 g/mol. The van der Waals surface area contributed by atoms with E-state index in [1.165, 1.54) is 16.0 Å². The van der Waals surface area contributed by atoms with Crippen LogP contribution in [0, 0.1) is 0 Å². The van der Waals surface area contributed by atoms with E-state index in [0.29, 0.717) is 11.3 Å². The van der Waals surface area contributed by atoms with Gasteiger partial charge in [0, 0.05) is 32.6 Å². The van der Waals surface area contributed by atoms with Crippen molar-refractivity contribution in [3.63, 3.8) is 0 Å². The number of carbonyl (C=O) groups is 1. The summed E-state index contributed by atoms with van der Waals surface area (Å²) in [4.78, 5) is 17.2. The lowest BCUT2D eigenvalue weighted by Crippen LogP contribution is -2.10. The van der Waals surface area contributed by atoms with Crippen LogP contribution in [0.15, 0.2) is 48.7 Å². The normalized spacial score (nSPS) is 10.8. The standard InChI is InChI=1S/C22H23NO3S/c1-5-15-9-17(6-2)23-12-19(15)21-10-16-7-8-18(11-20(16)27-21)25-13-26-22(24)14(3)4/h7-12H,3,5-6,13H2,1-2,4H3. The van der Waals surface area contributed by atoms with Gasteiger partial charge in [-0.25, -0.2) is 4.79 Å². The second-order valence-corrected chi connectivity index (χ2v) is 7.41. The Hall–Kier alpha value is -2.66. The number of hydrogen-bond donors (Lipinski definition) is 0. The first-order valence-electron chi connectivity index (χ1n) is 8.99. The van der Waals surface area contributed by atoms with Gasteiger partial charge in [0.05, 0.1) is 0 Å². The number of nitrogens with zero attached hydrogens (tertiary/aromatic N) is 1. The number of pyridine rings is 1. The molecule has 0 saturated carbocycles. The summed E-state index contributed by atoms with van der Waals surface area (Å²) < 4.78 is 11.6. The predicted molar refractivity (Wildman–Crippen MR) is 110 cm³/mol. The molecule has 4 nitrogen and oxygen atoms in total. The summed E-state index contributed by atoms with van der Waals surface area (Å²) >= 11 is 1.71. The maximum Gasteiger partial charge on any atom is 0.335 e. The van der Waals surface area contributed by atoms with Crippen molar-refractivity contribution in [2.75, 3.05) is 6.79 Å². The van der Waals surface area contributed by atoms with Crippen LogP contribution in [-0.2, 0) is 22.4 Å². The van der Waals surface area contributed by atoms with Crippen molar-refractivity contribution < 1.29 is 14.3 Å². The van der Waals surface area contributed by atoms with E-state index in [4.69, 9.17) is 9.47 Å². The number of ether oxygens (including phenoxy) is 2. The number of aryl methyl sites for hydroxylation is 2. The molecule has 2 heterocycles. The van der Waals surface area contributed by atoms with Gasteiger partial charge in [-0.1, -0.05) is 20.4 Å². The molecule has 0 atom stereocenters. The molecule has 0 amide bonds. The smallest absolute Gasteiger partial charge is 0.335 e. The van der Waals surface area contributed by atoms with Crippen LogP contribution in [0.2, 0.25) is 0 Å². The van der Waals surface area contributed by atoms with Gasteiger partial charge >= 0.3 is 5.97 Å². The highest BCUT2D eigenvalue weighted by Gasteiger charge is 2.11. The Morgan fingerprint density at radius 3 is 2.70 bits per heavy atom. The van der Waals surface area contributed by atoms with Gasteiger partial charge < -0.3 is 9.47 Å². The number of aromatic nitrogens is 1. The van der Waals surface area contributed by atoms with Gasteiger partial charge in [0.15, 0.2) is 0 Å². The highest BCUT2D eigenvalue weighted by Crippen LogP contribution is 2.37. The zero-order valence-electron chi connectivity index (χ0n) is 15.9. The van der Waals surface area contributed by atoms with Crippen LogP contribution in [0.4, 0.5) is 0 Å². The lowest BCUT2D eigenvalue weighted by molar-refractivity contribution is -0.145. The third-order valence-electron chi connectivity index (χ3n) is 4.31. The molecule has 27 heavy (non-hydrogen) atoms. The van der Waals surface area contributed by atoms with E-state index in [-0.39, 0.29) is 6.79 Å². The number of rotatable bonds is 7. The summed E-state index contributed by atoms with van der Waals surface area (Å²) in [5.74, 6) is 0.213. The Kier molecular flexibility index (Phi) is 5.91. The van der Waals surface area contributed by atoms with Crippen LogP contribution in [0.25, 0.3) is 20.5 Å². The average molecular weight is 381 g/mol. The second kappa shape index (κ2) is 8.35. The van der Waals surface area contributed by atoms with Crippen LogP contribution >= 0.6 is 11.3 Å². The third-order valence-corrected chi connectivity index (χ3v) is 5.44. The van der Waals surface area contributed by atoms with Gasteiger partial charge in [0.1, 0.15) is 5.75 Å². The lowest BCUT2D eigenvalue weighted by Gasteiger charge is -2.07. The first-order chi connectivity index (χ1) is 13.0. The first kappa shape index (κ1) is 19.1. The zero-order chi connectivity index (χ0) is 19.4. The lowest BCUT2D eigenvalue weighted by atomic mass is 10.0.